The lowest BCUT2D eigenvalue weighted by molar-refractivity contribution is -0.156. The van der Waals surface area contributed by atoms with E-state index < -0.39 is 24.1 Å². The fraction of sp³-hybridized carbons (Fsp3) is 0.333. The van der Waals surface area contributed by atoms with Gasteiger partial charge in [-0.15, -0.1) is 0 Å². The Labute approximate surface area is 103 Å². The molecule has 2 atom stereocenters. The topological polar surface area (TPSA) is 104 Å². The average Bonchev–Trinajstić information content (AvgIpc) is 2.36. The summed E-state index contributed by atoms with van der Waals surface area (Å²) in [5.74, 6) is -2.13. The summed E-state index contributed by atoms with van der Waals surface area (Å²) in [6.07, 6.45) is -3.28. The van der Waals surface area contributed by atoms with Crippen molar-refractivity contribution in [2.24, 2.45) is 0 Å². The molecule has 0 aliphatic heterocycles. The molecule has 0 saturated carbocycles. The zero-order chi connectivity index (χ0) is 13.9. The zero-order valence-corrected chi connectivity index (χ0v) is 9.95. The number of rotatable bonds is 4. The van der Waals surface area contributed by atoms with Crippen molar-refractivity contribution in [3.8, 4) is 0 Å². The van der Waals surface area contributed by atoms with Crippen molar-refractivity contribution in [2.45, 2.75) is 19.1 Å². The number of benzene rings is 1. The largest absolute Gasteiger partial charge is 0.478 e. The molecule has 3 N–H and O–H groups in total. The third kappa shape index (κ3) is 2.85. The SMILES string of the molecule is COC(=O)C(O)C(O)c1ccc(C)c(C(=O)O)c1. The maximum absolute atomic E-state index is 11.1. The van der Waals surface area contributed by atoms with Gasteiger partial charge in [-0.2, -0.15) is 0 Å². The fourth-order valence-corrected chi connectivity index (χ4v) is 1.49. The molecule has 1 aromatic rings. The van der Waals surface area contributed by atoms with Crippen LogP contribution in [0.3, 0.4) is 0 Å². The number of methoxy groups -OCH3 is 1. The predicted octanol–water partition coefficient (Wildman–Crippen LogP) is 0.261. The number of aliphatic hydroxyl groups excluding tert-OH is 2. The van der Waals surface area contributed by atoms with Crippen molar-refractivity contribution in [2.75, 3.05) is 7.11 Å². The van der Waals surface area contributed by atoms with Crippen LogP contribution in [0.4, 0.5) is 0 Å². The van der Waals surface area contributed by atoms with E-state index in [1.807, 2.05) is 0 Å². The highest BCUT2D eigenvalue weighted by atomic mass is 16.5. The van der Waals surface area contributed by atoms with E-state index in [4.69, 9.17) is 5.11 Å². The van der Waals surface area contributed by atoms with Crippen LogP contribution in [0.1, 0.15) is 27.6 Å². The Morgan fingerprint density at radius 1 is 1.28 bits per heavy atom. The number of carbonyl (C=O) groups is 2. The van der Waals surface area contributed by atoms with E-state index in [2.05, 4.69) is 4.74 Å². The normalized spacial score (nSPS) is 13.8. The van der Waals surface area contributed by atoms with Crippen molar-refractivity contribution < 1.29 is 29.6 Å². The number of carboxylic acids is 1. The van der Waals surface area contributed by atoms with Gasteiger partial charge in [-0.05, 0) is 24.1 Å². The summed E-state index contributed by atoms with van der Waals surface area (Å²) in [6, 6.07) is 4.15. The molecule has 0 amide bonds. The molecule has 0 aliphatic carbocycles. The first-order chi connectivity index (χ1) is 8.38. The lowest BCUT2D eigenvalue weighted by atomic mass is 9.99. The third-order valence-corrected chi connectivity index (χ3v) is 2.58. The predicted molar refractivity (Wildman–Crippen MR) is 61.1 cm³/mol. The first-order valence-corrected chi connectivity index (χ1v) is 5.16. The molecule has 0 spiro atoms. The molecule has 0 fully saturated rings. The highest BCUT2D eigenvalue weighted by Crippen LogP contribution is 2.21. The molecule has 0 bridgehead atoms. The molecule has 1 rings (SSSR count). The van der Waals surface area contributed by atoms with Crippen LogP contribution in [0.5, 0.6) is 0 Å². The van der Waals surface area contributed by atoms with Gasteiger partial charge in [0.05, 0.1) is 12.7 Å². The van der Waals surface area contributed by atoms with E-state index in [0.29, 0.717) is 5.56 Å². The summed E-state index contributed by atoms with van der Waals surface area (Å²) < 4.78 is 4.29. The Bertz CT molecular complexity index is 468. The van der Waals surface area contributed by atoms with E-state index in [-0.39, 0.29) is 11.1 Å². The maximum atomic E-state index is 11.1. The highest BCUT2D eigenvalue weighted by Gasteiger charge is 2.27. The molecule has 0 heterocycles. The van der Waals surface area contributed by atoms with E-state index in [1.54, 1.807) is 6.92 Å². The number of esters is 1. The molecule has 0 radical (unpaired) electrons. The number of aryl methyl sites for hydroxylation is 1. The van der Waals surface area contributed by atoms with Gasteiger partial charge >= 0.3 is 11.9 Å². The first-order valence-electron chi connectivity index (χ1n) is 5.16. The van der Waals surface area contributed by atoms with Gasteiger partial charge in [0.2, 0.25) is 0 Å². The van der Waals surface area contributed by atoms with Crippen molar-refractivity contribution in [3.05, 3.63) is 34.9 Å². The van der Waals surface area contributed by atoms with Gasteiger partial charge in [-0.25, -0.2) is 9.59 Å². The summed E-state index contributed by atoms with van der Waals surface area (Å²) in [5, 5.41) is 28.1. The number of carbonyl (C=O) groups excluding carboxylic acids is 1. The Kier molecular flexibility index (Phi) is 4.41. The molecule has 0 aliphatic rings. The van der Waals surface area contributed by atoms with Crippen LogP contribution in [0.15, 0.2) is 18.2 Å². The highest BCUT2D eigenvalue weighted by molar-refractivity contribution is 5.89. The van der Waals surface area contributed by atoms with Crippen molar-refractivity contribution >= 4 is 11.9 Å². The molecular weight excluding hydrogens is 240 g/mol. The average molecular weight is 254 g/mol. The van der Waals surface area contributed by atoms with Crippen LogP contribution in [-0.2, 0) is 9.53 Å². The number of aromatic carboxylic acids is 1. The first kappa shape index (κ1) is 14.1. The Morgan fingerprint density at radius 3 is 2.39 bits per heavy atom. The van der Waals surface area contributed by atoms with Gasteiger partial charge in [0.1, 0.15) is 6.10 Å². The minimum atomic E-state index is -1.75. The second-order valence-corrected chi connectivity index (χ2v) is 3.79. The van der Waals surface area contributed by atoms with E-state index in [9.17, 15) is 19.8 Å². The third-order valence-electron chi connectivity index (χ3n) is 2.58. The van der Waals surface area contributed by atoms with Gasteiger partial charge < -0.3 is 20.1 Å². The van der Waals surface area contributed by atoms with Crippen LogP contribution >= 0.6 is 0 Å². The molecule has 1 aromatic carbocycles. The maximum Gasteiger partial charge on any atom is 0.337 e. The van der Waals surface area contributed by atoms with Gasteiger partial charge in [-0.3, -0.25) is 0 Å². The lowest BCUT2D eigenvalue weighted by Crippen LogP contribution is -2.29. The van der Waals surface area contributed by atoms with E-state index >= 15 is 0 Å². The Balaban J connectivity index is 3.07. The fourth-order valence-electron chi connectivity index (χ4n) is 1.49. The Morgan fingerprint density at radius 2 is 1.89 bits per heavy atom. The molecule has 6 heteroatoms. The van der Waals surface area contributed by atoms with Gasteiger partial charge in [0.15, 0.2) is 6.10 Å². The number of hydrogen-bond acceptors (Lipinski definition) is 5. The summed E-state index contributed by atoms with van der Waals surface area (Å²) in [7, 11) is 1.08. The monoisotopic (exact) mass is 254 g/mol. The summed E-state index contributed by atoms with van der Waals surface area (Å²) in [6.45, 7) is 1.61. The van der Waals surface area contributed by atoms with Crippen LogP contribution < -0.4 is 0 Å². The van der Waals surface area contributed by atoms with Crippen molar-refractivity contribution in [1.82, 2.24) is 0 Å². The minimum absolute atomic E-state index is 0.00335. The van der Waals surface area contributed by atoms with Crippen LogP contribution in [0.2, 0.25) is 0 Å². The Hall–Kier alpha value is -1.92. The van der Waals surface area contributed by atoms with Crippen molar-refractivity contribution in [3.63, 3.8) is 0 Å². The van der Waals surface area contributed by atoms with Crippen molar-refractivity contribution in [1.29, 1.82) is 0 Å². The summed E-state index contributed by atoms with van der Waals surface area (Å²) in [4.78, 5) is 22.0. The second-order valence-electron chi connectivity index (χ2n) is 3.79. The van der Waals surface area contributed by atoms with Gasteiger partial charge in [0, 0.05) is 0 Å². The van der Waals surface area contributed by atoms with Crippen LogP contribution in [0.25, 0.3) is 0 Å². The number of aliphatic hydroxyl groups is 2. The molecule has 0 saturated heterocycles. The van der Waals surface area contributed by atoms with Crippen LogP contribution in [-0.4, -0.2) is 40.5 Å². The molecule has 18 heavy (non-hydrogen) atoms. The number of hydrogen-bond donors (Lipinski definition) is 3. The molecule has 98 valence electrons. The zero-order valence-electron chi connectivity index (χ0n) is 9.95. The molecule has 2 unspecified atom stereocenters. The molecule has 0 aromatic heterocycles. The van der Waals surface area contributed by atoms with E-state index in [0.717, 1.165) is 7.11 Å². The molecular formula is C12H14O6. The minimum Gasteiger partial charge on any atom is -0.478 e. The quantitative estimate of drug-likeness (QED) is 0.666. The smallest absolute Gasteiger partial charge is 0.337 e. The number of ether oxygens (including phenoxy) is 1. The summed E-state index contributed by atoms with van der Waals surface area (Å²) >= 11 is 0. The summed E-state index contributed by atoms with van der Waals surface area (Å²) in [5.41, 5.74) is 0.658. The van der Waals surface area contributed by atoms with E-state index in [1.165, 1.54) is 18.2 Å². The van der Waals surface area contributed by atoms with Gasteiger partial charge in [-0.1, -0.05) is 12.1 Å². The molecule has 6 nitrogen and oxygen atoms in total. The second kappa shape index (κ2) is 5.61. The van der Waals surface area contributed by atoms with Crippen LogP contribution in [0, 0.1) is 6.92 Å². The van der Waals surface area contributed by atoms with Gasteiger partial charge in [0.25, 0.3) is 0 Å². The standard InChI is InChI=1S/C12H14O6/c1-6-3-4-7(5-8(6)11(15)16)9(13)10(14)12(17)18-2/h3-5,9-10,13-14H,1-2H3,(H,15,16). The lowest BCUT2D eigenvalue weighted by Gasteiger charge is -2.16. The number of carboxylic acid groups (broad SMARTS) is 1.